The maximum absolute atomic E-state index is 9.89. The van der Waals surface area contributed by atoms with Gasteiger partial charge in [-0.25, -0.2) is 4.79 Å². The predicted octanol–water partition coefficient (Wildman–Crippen LogP) is 1.76. The van der Waals surface area contributed by atoms with Crippen LogP contribution in [0, 0.1) is 0 Å². The highest BCUT2D eigenvalue weighted by Gasteiger charge is 1.78. The van der Waals surface area contributed by atoms with Crippen molar-refractivity contribution in [2.45, 2.75) is 6.92 Å². The van der Waals surface area contributed by atoms with E-state index in [-0.39, 0.29) is 0 Å². The maximum Gasteiger partial charge on any atom is 0.328 e. The molecular weight excluding hydrogens is 128 g/mol. The number of hydrogen-bond acceptors (Lipinski definition) is 1. The van der Waals surface area contributed by atoms with Crippen LogP contribution in [0.1, 0.15) is 6.92 Å². The molecule has 0 aliphatic heterocycles. The Bertz CT molecular complexity index is 176. The van der Waals surface area contributed by atoms with E-state index in [0.717, 1.165) is 6.08 Å². The smallest absolute Gasteiger partial charge is 0.328 e. The lowest BCUT2D eigenvalue weighted by molar-refractivity contribution is -0.131. The summed E-state index contributed by atoms with van der Waals surface area (Å²) in [5.74, 6) is -0.926. The van der Waals surface area contributed by atoms with Gasteiger partial charge in [0.05, 0.1) is 0 Å². The number of carboxylic acid groups (broad SMARTS) is 1. The van der Waals surface area contributed by atoms with Crippen molar-refractivity contribution in [3.05, 3.63) is 36.5 Å². The van der Waals surface area contributed by atoms with Gasteiger partial charge in [-0.3, -0.25) is 0 Å². The van der Waals surface area contributed by atoms with E-state index >= 15 is 0 Å². The van der Waals surface area contributed by atoms with Gasteiger partial charge < -0.3 is 5.11 Å². The maximum atomic E-state index is 9.89. The SMILES string of the molecule is C\C=C/C=C\C=C\C(=O)O. The van der Waals surface area contributed by atoms with E-state index in [0.29, 0.717) is 0 Å². The van der Waals surface area contributed by atoms with Gasteiger partial charge in [0.15, 0.2) is 0 Å². The number of aliphatic carboxylic acids is 1. The van der Waals surface area contributed by atoms with Crippen LogP contribution in [0.3, 0.4) is 0 Å². The average Bonchev–Trinajstić information content (AvgIpc) is 1.87. The van der Waals surface area contributed by atoms with Crippen molar-refractivity contribution in [1.29, 1.82) is 0 Å². The average molecular weight is 138 g/mol. The van der Waals surface area contributed by atoms with E-state index < -0.39 is 5.97 Å². The van der Waals surface area contributed by atoms with Crippen LogP contribution in [0.5, 0.6) is 0 Å². The molecule has 1 N–H and O–H groups in total. The first-order valence-corrected chi connectivity index (χ1v) is 2.96. The van der Waals surface area contributed by atoms with Gasteiger partial charge >= 0.3 is 5.97 Å². The van der Waals surface area contributed by atoms with Crippen LogP contribution in [-0.4, -0.2) is 11.1 Å². The fourth-order valence-electron chi connectivity index (χ4n) is 0.377. The van der Waals surface area contributed by atoms with Gasteiger partial charge in [0.25, 0.3) is 0 Å². The molecule has 0 saturated heterocycles. The zero-order chi connectivity index (χ0) is 7.82. The van der Waals surface area contributed by atoms with Crippen molar-refractivity contribution < 1.29 is 9.90 Å². The van der Waals surface area contributed by atoms with E-state index in [9.17, 15) is 4.79 Å². The van der Waals surface area contributed by atoms with Gasteiger partial charge in [-0.2, -0.15) is 0 Å². The van der Waals surface area contributed by atoms with E-state index in [1.807, 2.05) is 19.1 Å². The molecule has 0 bridgehead atoms. The van der Waals surface area contributed by atoms with Crippen molar-refractivity contribution in [3.8, 4) is 0 Å². The van der Waals surface area contributed by atoms with Crippen LogP contribution in [0.15, 0.2) is 36.5 Å². The minimum Gasteiger partial charge on any atom is -0.478 e. The molecule has 2 nitrogen and oxygen atoms in total. The molecule has 0 unspecified atom stereocenters. The molecule has 0 amide bonds. The van der Waals surface area contributed by atoms with Crippen molar-refractivity contribution in [2.75, 3.05) is 0 Å². The zero-order valence-corrected chi connectivity index (χ0v) is 5.82. The monoisotopic (exact) mass is 138 g/mol. The first-order valence-electron chi connectivity index (χ1n) is 2.96. The van der Waals surface area contributed by atoms with Crippen molar-refractivity contribution in [3.63, 3.8) is 0 Å². The summed E-state index contributed by atoms with van der Waals surface area (Å²) in [5.41, 5.74) is 0. The minimum atomic E-state index is -0.926. The third-order valence-corrected chi connectivity index (χ3v) is 0.765. The lowest BCUT2D eigenvalue weighted by Crippen LogP contribution is -1.84. The fourth-order valence-corrected chi connectivity index (χ4v) is 0.377. The highest BCUT2D eigenvalue weighted by Crippen LogP contribution is 1.79. The Morgan fingerprint density at radius 2 is 1.80 bits per heavy atom. The molecule has 0 aromatic rings. The van der Waals surface area contributed by atoms with E-state index in [1.165, 1.54) is 6.08 Å². The van der Waals surface area contributed by atoms with Gasteiger partial charge in [0.2, 0.25) is 0 Å². The lowest BCUT2D eigenvalue weighted by Gasteiger charge is -1.73. The molecule has 0 aromatic carbocycles. The first kappa shape index (κ1) is 8.69. The van der Waals surface area contributed by atoms with Crippen LogP contribution in [-0.2, 0) is 4.79 Å². The molecule has 0 aliphatic carbocycles. The van der Waals surface area contributed by atoms with E-state index in [1.54, 1.807) is 12.2 Å². The molecule has 10 heavy (non-hydrogen) atoms. The zero-order valence-electron chi connectivity index (χ0n) is 5.82. The Labute approximate surface area is 60.2 Å². The van der Waals surface area contributed by atoms with Gasteiger partial charge in [0.1, 0.15) is 0 Å². The van der Waals surface area contributed by atoms with Gasteiger partial charge in [0, 0.05) is 6.08 Å². The van der Waals surface area contributed by atoms with Crippen molar-refractivity contribution in [1.82, 2.24) is 0 Å². The summed E-state index contributed by atoms with van der Waals surface area (Å²) in [7, 11) is 0. The number of carboxylic acids is 1. The summed E-state index contributed by atoms with van der Waals surface area (Å²) in [4.78, 5) is 9.89. The van der Waals surface area contributed by atoms with E-state index in [2.05, 4.69) is 0 Å². The van der Waals surface area contributed by atoms with Gasteiger partial charge in [-0.1, -0.05) is 30.4 Å². The number of carbonyl (C=O) groups is 1. The Balaban J connectivity index is 3.62. The molecule has 0 rings (SSSR count). The van der Waals surface area contributed by atoms with Crippen LogP contribution in [0.2, 0.25) is 0 Å². The Morgan fingerprint density at radius 3 is 2.30 bits per heavy atom. The second-order valence-electron chi connectivity index (χ2n) is 1.61. The molecule has 0 fully saturated rings. The third-order valence-electron chi connectivity index (χ3n) is 0.765. The molecule has 0 atom stereocenters. The van der Waals surface area contributed by atoms with Crippen LogP contribution >= 0.6 is 0 Å². The first-order chi connectivity index (χ1) is 4.77. The Hall–Kier alpha value is -1.31. The quantitative estimate of drug-likeness (QED) is 0.476. The highest BCUT2D eigenvalue weighted by atomic mass is 16.4. The Kier molecular flexibility index (Phi) is 5.06. The molecule has 54 valence electrons. The van der Waals surface area contributed by atoms with Crippen LogP contribution in [0.4, 0.5) is 0 Å². The van der Waals surface area contributed by atoms with Gasteiger partial charge in [-0.15, -0.1) is 0 Å². The summed E-state index contributed by atoms with van der Waals surface area (Å²) in [6, 6.07) is 0. The molecular formula is C8H10O2. The molecule has 0 saturated carbocycles. The topological polar surface area (TPSA) is 37.3 Å². The second kappa shape index (κ2) is 5.82. The number of allylic oxidation sites excluding steroid dienone is 5. The van der Waals surface area contributed by atoms with Gasteiger partial charge in [-0.05, 0) is 6.92 Å². The van der Waals surface area contributed by atoms with Crippen molar-refractivity contribution >= 4 is 5.97 Å². The van der Waals surface area contributed by atoms with Crippen LogP contribution < -0.4 is 0 Å². The standard InChI is InChI=1S/C8H10O2/c1-2-3-4-5-6-7-8(9)10/h2-7H,1H3,(H,9,10)/b3-2-,5-4-,7-6+. The predicted molar refractivity (Wildman–Crippen MR) is 40.7 cm³/mol. The number of rotatable bonds is 3. The normalized spacial score (nSPS) is 12.1. The molecule has 2 heteroatoms. The summed E-state index contributed by atoms with van der Waals surface area (Å²) in [6.45, 7) is 1.89. The summed E-state index contributed by atoms with van der Waals surface area (Å²) in [6.07, 6.45) is 9.67. The van der Waals surface area contributed by atoms with E-state index in [4.69, 9.17) is 5.11 Å². The lowest BCUT2D eigenvalue weighted by atomic mass is 10.4. The molecule has 0 aliphatic rings. The summed E-state index contributed by atoms with van der Waals surface area (Å²) >= 11 is 0. The molecule has 0 heterocycles. The largest absolute Gasteiger partial charge is 0.478 e. The van der Waals surface area contributed by atoms with Crippen molar-refractivity contribution in [2.24, 2.45) is 0 Å². The fraction of sp³-hybridized carbons (Fsp3) is 0.125. The minimum absolute atomic E-state index is 0.926. The third kappa shape index (κ3) is 6.69. The molecule has 0 spiro atoms. The summed E-state index contributed by atoms with van der Waals surface area (Å²) < 4.78 is 0. The molecule has 0 radical (unpaired) electrons. The summed E-state index contributed by atoms with van der Waals surface area (Å²) in [5, 5.41) is 8.13. The molecule has 0 aromatic heterocycles. The highest BCUT2D eigenvalue weighted by molar-refractivity contribution is 5.80. The number of hydrogen-bond donors (Lipinski definition) is 1. The Morgan fingerprint density at radius 1 is 1.20 bits per heavy atom. The second-order valence-corrected chi connectivity index (χ2v) is 1.61. The van der Waals surface area contributed by atoms with Crippen LogP contribution in [0.25, 0.3) is 0 Å².